The van der Waals surface area contributed by atoms with Crippen LogP contribution in [0.25, 0.3) is 0 Å². The summed E-state index contributed by atoms with van der Waals surface area (Å²) in [6.07, 6.45) is 5.46. The zero-order valence-corrected chi connectivity index (χ0v) is 13.0. The van der Waals surface area contributed by atoms with E-state index in [1.54, 1.807) is 0 Å². The van der Waals surface area contributed by atoms with Gasteiger partial charge in [-0.25, -0.2) is 16.8 Å². The second kappa shape index (κ2) is 7.01. The third-order valence-electron chi connectivity index (χ3n) is 3.38. The molecule has 0 aromatic heterocycles. The van der Waals surface area contributed by atoms with E-state index in [0.29, 0.717) is 19.5 Å². The molecule has 0 aromatic rings. The lowest BCUT2D eigenvalue weighted by atomic mass is 10.2. The highest BCUT2D eigenvalue weighted by atomic mass is 32.2. The number of sulfone groups is 1. The van der Waals surface area contributed by atoms with Crippen LogP contribution < -0.4 is 5.73 Å². The maximum Gasteiger partial charge on any atom is 0.215 e. The molecule has 1 saturated carbocycles. The first-order valence-electron chi connectivity index (χ1n) is 6.63. The number of hydrogen-bond acceptors (Lipinski definition) is 5. The average molecular weight is 312 g/mol. The summed E-state index contributed by atoms with van der Waals surface area (Å²) in [7, 11) is -6.78. The molecular formula is C11H24N2O4S2. The van der Waals surface area contributed by atoms with Gasteiger partial charge in [-0.1, -0.05) is 12.8 Å². The Balaban J connectivity index is 2.76. The summed E-state index contributed by atoms with van der Waals surface area (Å²) in [5.74, 6) is -0.645. The lowest BCUT2D eigenvalue weighted by molar-refractivity contribution is 0.320. The first kappa shape index (κ1) is 16.9. The van der Waals surface area contributed by atoms with Gasteiger partial charge >= 0.3 is 0 Å². The minimum absolute atomic E-state index is 0.0242. The highest BCUT2D eigenvalue weighted by Gasteiger charge is 2.31. The van der Waals surface area contributed by atoms with E-state index in [0.717, 1.165) is 31.9 Å². The predicted octanol–water partition coefficient (Wildman–Crippen LogP) is -0.0458. The molecule has 8 heteroatoms. The van der Waals surface area contributed by atoms with Crippen molar-refractivity contribution >= 4 is 19.9 Å². The van der Waals surface area contributed by atoms with Crippen LogP contribution in [0.4, 0.5) is 0 Å². The van der Waals surface area contributed by atoms with Gasteiger partial charge in [-0.2, -0.15) is 4.31 Å². The van der Waals surface area contributed by atoms with Gasteiger partial charge in [0.15, 0.2) is 0 Å². The van der Waals surface area contributed by atoms with Crippen LogP contribution in [0.2, 0.25) is 0 Å². The van der Waals surface area contributed by atoms with Crippen molar-refractivity contribution in [3.8, 4) is 0 Å². The Morgan fingerprint density at radius 2 is 1.68 bits per heavy atom. The maximum absolute atomic E-state index is 12.3. The van der Waals surface area contributed by atoms with E-state index in [9.17, 15) is 16.8 Å². The first-order chi connectivity index (χ1) is 8.76. The minimum atomic E-state index is -3.51. The Hall–Kier alpha value is -0.180. The molecular weight excluding hydrogens is 288 g/mol. The highest BCUT2D eigenvalue weighted by molar-refractivity contribution is 7.93. The van der Waals surface area contributed by atoms with Gasteiger partial charge < -0.3 is 5.73 Å². The number of rotatable bonds is 8. The fourth-order valence-electron chi connectivity index (χ4n) is 2.36. The van der Waals surface area contributed by atoms with Crippen LogP contribution in [0.3, 0.4) is 0 Å². The summed E-state index contributed by atoms with van der Waals surface area (Å²) in [4.78, 5) is 0. The molecule has 1 aliphatic rings. The minimum Gasteiger partial charge on any atom is -0.330 e. The van der Waals surface area contributed by atoms with Crippen LogP contribution in [0.5, 0.6) is 0 Å². The fraction of sp³-hybridized carbons (Fsp3) is 1.00. The Morgan fingerprint density at radius 3 is 2.16 bits per heavy atom. The number of nitrogens with zero attached hydrogens (tertiary/aromatic N) is 1. The van der Waals surface area contributed by atoms with Crippen molar-refractivity contribution in [1.82, 2.24) is 4.31 Å². The molecule has 114 valence electrons. The molecule has 19 heavy (non-hydrogen) atoms. The maximum atomic E-state index is 12.3. The predicted molar refractivity (Wildman–Crippen MR) is 76.1 cm³/mol. The summed E-state index contributed by atoms with van der Waals surface area (Å²) >= 11 is 0. The van der Waals surface area contributed by atoms with Gasteiger partial charge in [-0.3, -0.25) is 0 Å². The molecule has 1 rings (SSSR count). The van der Waals surface area contributed by atoms with Gasteiger partial charge in [0.05, 0.1) is 11.5 Å². The van der Waals surface area contributed by atoms with Crippen molar-refractivity contribution in [2.75, 3.05) is 30.9 Å². The molecule has 0 aromatic carbocycles. The second-order valence-corrected chi connectivity index (χ2v) is 9.44. The largest absolute Gasteiger partial charge is 0.330 e. The van der Waals surface area contributed by atoms with Gasteiger partial charge in [0.25, 0.3) is 0 Å². The quantitative estimate of drug-likeness (QED) is 0.678. The summed E-state index contributed by atoms with van der Waals surface area (Å²) in [5.41, 5.74) is 5.44. The van der Waals surface area contributed by atoms with Gasteiger partial charge in [-0.15, -0.1) is 0 Å². The number of sulfonamides is 1. The smallest absolute Gasteiger partial charge is 0.215 e. The van der Waals surface area contributed by atoms with Crippen molar-refractivity contribution in [3.05, 3.63) is 0 Å². The Labute approximate surface area is 116 Å². The lowest BCUT2D eigenvalue weighted by Gasteiger charge is -2.27. The van der Waals surface area contributed by atoms with E-state index in [-0.39, 0.29) is 17.5 Å². The van der Waals surface area contributed by atoms with Crippen LogP contribution in [0.1, 0.15) is 32.1 Å². The number of hydrogen-bond donors (Lipinski definition) is 1. The Bertz CT molecular complexity index is 467. The van der Waals surface area contributed by atoms with E-state index in [2.05, 4.69) is 0 Å². The molecule has 0 amide bonds. The molecule has 0 radical (unpaired) electrons. The number of nitrogens with two attached hydrogens (primary N) is 1. The molecule has 0 aliphatic heterocycles. The van der Waals surface area contributed by atoms with Crippen LogP contribution in [-0.2, 0) is 19.9 Å². The van der Waals surface area contributed by atoms with Crippen molar-refractivity contribution < 1.29 is 16.8 Å². The van der Waals surface area contributed by atoms with Crippen LogP contribution in [-0.4, -0.2) is 58.0 Å². The Kier molecular flexibility index (Phi) is 6.22. The lowest BCUT2D eigenvalue weighted by Crippen LogP contribution is -2.42. The standard InChI is InChI=1S/C11H24N2O4S2/c1-18(14,15)9-10-19(16,17)13(8-4-7-12)11-5-2-3-6-11/h11H,2-10,12H2,1H3. The average Bonchev–Trinajstić information content (AvgIpc) is 2.79. The van der Waals surface area contributed by atoms with Crippen LogP contribution >= 0.6 is 0 Å². The SMILES string of the molecule is CS(=O)(=O)CCS(=O)(=O)N(CCCN)C1CCCC1. The molecule has 0 bridgehead atoms. The summed E-state index contributed by atoms with van der Waals surface area (Å²) in [6, 6.07) is 0.0242. The normalized spacial score (nSPS) is 18.3. The molecule has 0 unspecified atom stereocenters. The first-order valence-corrected chi connectivity index (χ1v) is 10.3. The molecule has 1 fully saturated rings. The van der Waals surface area contributed by atoms with Gasteiger partial charge in [-0.05, 0) is 25.8 Å². The van der Waals surface area contributed by atoms with Crippen molar-refractivity contribution in [3.63, 3.8) is 0 Å². The third-order valence-corrected chi connectivity index (χ3v) is 6.50. The van der Waals surface area contributed by atoms with E-state index < -0.39 is 19.9 Å². The molecule has 2 N–H and O–H groups in total. The van der Waals surface area contributed by atoms with Gasteiger partial charge in [0, 0.05) is 18.8 Å². The van der Waals surface area contributed by atoms with Crippen molar-refractivity contribution in [2.24, 2.45) is 5.73 Å². The molecule has 0 atom stereocenters. The van der Waals surface area contributed by atoms with Gasteiger partial charge in [0.2, 0.25) is 10.0 Å². The topological polar surface area (TPSA) is 97.5 Å². The second-order valence-electron chi connectivity index (χ2n) is 5.14. The van der Waals surface area contributed by atoms with E-state index in [1.807, 2.05) is 0 Å². The monoisotopic (exact) mass is 312 g/mol. The van der Waals surface area contributed by atoms with E-state index in [4.69, 9.17) is 5.73 Å². The molecule has 6 nitrogen and oxygen atoms in total. The third kappa shape index (κ3) is 5.76. The molecule has 0 heterocycles. The van der Waals surface area contributed by atoms with Crippen molar-refractivity contribution in [1.29, 1.82) is 0 Å². The molecule has 0 saturated heterocycles. The molecule has 0 spiro atoms. The summed E-state index contributed by atoms with van der Waals surface area (Å²) in [6.45, 7) is 0.831. The van der Waals surface area contributed by atoms with Crippen molar-refractivity contribution in [2.45, 2.75) is 38.1 Å². The molecule has 1 aliphatic carbocycles. The van der Waals surface area contributed by atoms with E-state index in [1.165, 1.54) is 4.31 Å². The fourth-order valence-corrected chi connectivity index (χ4v) is 5.72. The Morgan fingerprint density at radius 1 is 1.11 bits per heavy atom. The zero-order valence-electron chi connectivity index (χ0n) is 11.4. The van der Waals surface area contributed by atoms with Crippen LogP contribution in [0.15, 0.2) is 0 Å². The zero-order chi connectivity index (χ0) is 14.5. The summed E-state index contributed by atoms with van der Waals surface area (Å²) < 4.78 is 48.3. The van der Waals surface area contributed by atoms with E-state index >= 15 is 0 Å². The highest BCUT2D eigenvalue weighted by Crippen LogP contribution is 2.26. The van der Waals surface area contributed by atoms with Crippen LogP contribution in [0, 0.1) is 0 Å². The van der Waals surface area contributed by atoms with Gasteiger partial charge in [0.1, 0.15) is 9.84 Å². The summed E-state index contributed by atoms with van der Waals surface area (Å²) in [5, 5.41) is 0.